The van der Waals surface area contributed by atoms with Crippen molar-refractivity contribution in [1.82, 2.24) is 9.55 Å². The summed E-state index contributed by atoms with van der Waals surface area (Å²) in [6, 6.07) is 0. The maximum atomic E-state index is 10.3. The van der Waals surface area contributed by atoms with Crippen LogP contribution in [0, 0.1) is 5.92 Å². The molecule has 1 aliphatic carbocycles. The number of aliphatic hydroxyl groups excluding tert-OH is 1. The van der Waals surface area contributed by atoms with Crippen LogP contribution in [0.5, 0.6) is 0 Å². The van der Waals surface area contributed by atoms with E-state index in [2.05, 4.69) is 16.5 Å². The normalized spacial score (nSPS) is 19.0. The molecule has 1 aromatic heterocycles. The third-order valence-corrected chi connectivity index (χ3v) is 4.12. The molecule has 1 heterocycles. The van der Waals surface area contributed by atoms with Crippen molar-refractivity contribution in [3.05, 3.63) is 18.2 Å². The standard InChI is InChI=1S/C15H26N2O/c1-2-10-17-12-16-11-14(17)15(18)9-8-13-6-4-3-5-7-13/h11-13,15,18H,2-10H2,1H3. The first-order valence-electron chi connectivity index (χ1n) is 7.49. The Labute approximate surface area is 110 Å². The second-order valence-corrected chi connectivity index (χ2v) is 5.61. The molecule has 3 nitrogen and oxygen atoms in total. The summed E-state index contributed by atoms with van der Waals surface area (Å²) in [5.74, 6) is 0.843. The van der Waals surface area contributed by atoms with Gasteiger partial charge in [0, 0.05) is 6.54 Å². The molecule has 1 aromatic rings. The average molecular weight is 250 g/mol. The molecule has 2 rings (SSSR count). The Morgan fingerprint density at radius 2 is 2.17 bits per heavy atom. The maximum Gasteiger partial charge on any atom is 0.0955 e. The number of hydrogen-bond donors (Lipinski definition) is 1. The van der Waals surface area contributed by atoms with Crippen LogP contribution in [0.4, 0.5) is 0 Å². The lowest BCUT2D eigenvalue weighted by molar-refractivity contribution is 0.143. The quantitative estimate of drug-likeness (QED) is 0.836. The lowest BCUT2D eigenvalue weighted by Crippen LogP contribution is -2.11. The van der Waals surface area contributed by atoms with Crippen molar-refractivity contribution in [2.45, 2.75) is 70.9 Å². The minimum absolute atomic E-state index is 0.332. The topological polar surface area (TPSA) is 38.0 Å². The Morgan fingerprint density at radius 3 is 2.89 bits per heavy atom. The van der Waals surface area contributed by atoms with Gasteiger partial charge in [-0.3, -0.25) is 0 Å². The van der Waals surface area contributed by atoms with Crippen molar-refractivity contribution in [3.8, 4) is 0 Å². The lowest BCUT2D eigenvalue weighted by Gasteiger charge is -2.22. The lowest BCUT2D eigenvalue weighted by atomic mass is 9.85. The maximum absolute atomic E-state index is 10.3. The van der Waals surface area contributed by atoms with Crippen LogP contribution in [-0.4, -0.2) is 14.7 Å². The number of aromatic nitrogens is 2. The van der Waals surface area contributed by atoms with Gasteiger partial charge in [-0.15, -0.1) is 0 Å². The van der Waals surface area contributed by atoms with E-state index < -0.39 is 0 Å². The monoisotopic (exact) mass is 250 g/mol. The summed E-state index contributed by atoms with van der Waals surface area (Å²) in [5.41, 5.74) is 0.993. The second-order valence-electron chi connectivity index (χ2n) is 5.61. The van der Waals surface area contributed by atoms with Crippen molar-refractivity contribution >= 4 is 0 Å². The van der Waals surface area contributed by atoms with E-state index in [1.54, 1.807) is 0 Å². The van der Waals surface area contributed by atoms with Crippen molar-refractivity contribution in [2.75, 3.05) is 0 Å². The van der Waals surface area contributed by atoms with Gasteiger partial charge in [0.2, 0.25) is 0 Å². The highest BCUT2D eigenvalue weighted by atomic mass is 16.3. The molecular formula is C15H26N2O. The van der Waals surface area contributed by atoms with Gasteiger partial charge in [0.1, 0.15) is 0 Å². The fraction of sp³-hybridized carbons (Fsp3) is 0.800. The van der Waals surface area contributed by atoms with Crippen LogP contribution in [0.3, 0.4) is 0 Å². The van der Waals surface area contributed by atoms with Crippen LogP contribution in [0.15, 0.2) is 12.5 Å². The molecule has 1 N–H and O–H groups in total. The molecule has 1 fully saturated rings. The molecule has 1 saturated carbocycles. The number of aryl methyl sites for hydroxylation is 1. The zero-order valence-electron chi connectivity index (χ0n) is 11.5. The van der Waals surface area contributed by atoms with Crippen LogP contribution in [0.25, 0.3) is 0 Å². The Balaban J connectivity index is 1.82. The van der Waals surface area contributed by atoms with Crippen LogP contribution >= 0.6 is 0 Å². The van der Waals surface area contributed by atoms with Crippen molar-refractivity contribution in [1.29, 1.82) is 0 Å². The molecule has 0 aromatic carbocycles. The van der Waals surface area contributed by atoms with Gasteiger partial charge in [-0.2, -0.15) is 0 Å². The molecular weight excluding hydrogens is 224 g/mol. The minimum Gasteiger partial charge on any atom is -0.387 e. The number of imidazole rings is 1. The van der Waals surface area contributed by atoms with Gasteiger partial charge in [-0.05, 0) is 25.2 Å². The van der Waals surface area contributed by atoms with Crippen LogP contribution in [-0.2, 0) is 6.54 Å². The van der Waals surface area contributed by atoms with E-state index in [9.17, 15) is 5.11 Å². The Morgan fingerprint density at radius 1 is 1.39 bits per heavy atom. The summed E-state index contributed by atoms with van der Waals surface area (Å²) >= 11 is 0. The van der Waals surface area contributed by atoms with Crippen LogP contribution in [0.1, 0.15) is 70.1 Å². The van der Waals surface area contributed by atoms with Crippen molar-refractivity contribution < 1.29 is 5.11 Å². The Bertz CT molecular complexity index is 342. The van der Waals surface area contributed by atoms with Crippen molar-refractivity contribution in [2.24, 2.45) is 5.92 Å². The average Bonchev–Trinajstić information content (AvgIpc) is 2.86. The summed E-state index contributed by atoms with van der Waals surface area (Å²) < 4.78 is 2.09. The van der Waals surface area contributed by atoms with Gasteiger partial charge in [-0.25, -0.2) is 4.98 Å². The van der Waals surface area contributed by atoms with Crippen LogP contribution in [0.2, 0.25) is 0 Å². The largest absolute Gasteiger partial charge is 0.387 e. The zero-order valence-corrected chi connectivity index (χ0v) is 11.5. The first kappa shape index (κ1) is 13.6. The number of hydrogen-bond acceptors (Lipinski definition) is 2. The van der Waals surface area contributed by atoms with Crippen LogP contribution < -0.4 is 0 Å². The van der Waals surface area contributed by atoms with Gasteiger partial charge in [-0.1, -0.05) is 39.0 Å². The Kier molecular flexibility index (Phi) is 5.24. The third kappa shape index (κ3) is 3.58. The highest BCUT2D eigenvalue weighted by Crippen LogP contribution is 2.30. The summed E-state index contributed by atoms with van der Waals surface area (Å²) in [5, 5.41) is 10.3. The number of aliphatic hydroxyl groups is 1. The molecule has 1 aliphatic rings. The molecule has 0 radical (unpaired) electrons. The first-order chi connectivity index (χ1) is 8.81. The molecule has 1 unspecified atom stereocenters. The Hall–Kier alpha value is -0.830. The van der Waals surface area contributed by atoms with E-state index in [1.807, 2.05) is 12.5 Å². The van der Waals surface area contributed by atoms with E-state index in [-0.39, 0.29) is 6.10 Å². The number of nitrogens with zero attached hydrogens (tertiary/aromatic N) is 2. The summed E-state index contributed by atoms with van der Waals surface area (Å²) in [4.78, 5) is 4.16. The molecule has 1 atom stereocenters. The van der Waals surface area contributed by atoms with E-state index in [4.69, 9.17) is 0 Å². The molecule has 18 heavy (non-hydrogen) atoms. The fourth-order valence-corrected chi connectivity index (χ4v) is 3.05. The number of rotatable bonds is 6. The van der Waals surface area contributed by atoms with E-state index in [0.29, 0.717) is 0 Å². The molecule has 3 heteroatoms. The minimum atomic E-state index is -0.332. The van der Waals surface area contributed by atoms with E-state index in [1.165, 1.54) is 38.5 Å². The summed E-state index contributed by atoms with van der Waals surface area (Å²) in [6.07, 6.45) is 13.4. The molecule has 102 valence electrons. The fourth-order valence-electron chi connectivity index (χ4n) is 3.05. The van der Waals surface area contributed by atoms with Gasteiger partial charge >= 0.3 is 0 Å². The SMILES string of the molecule is CCCn1cncc1C(O)CCC1CCCCC1. The van der Waals surface area contributed by atoms with Gasteiger partial charge in [0.25, 0.3) is 0 Å². The van der Waals surface area contributed by atoms with Gasteiger partial charge < -0.3 is 9.67 Å². The highest BCUT2D eigenvalue weighted by Gasteiger charge is 2.17. The molecule has 0 amide bonds. The van der Waals surface area contributed by atoms with E-state index >= 15 is 0 Å². The smallest absolute Gasteiger partial charge is 0.0955 e. The van der Waals surface area contributed by atoms with Gasteiger partial charge in [0.15, 0.2) is 0 Å². The predicted molar refractivity (Wildman–Crippen MR) is 73.3 cm³/mol. The molecule has 0 spiro atoms. The molecule has 0 bridgehead atoms. The molecule has 0 saturated heterocycles. The predicted octanol–water partition coefficient (Wildman–Crippen LogP) is 3.69. The molecule has 0 aliphatic heterocycles. The highest BCUT2D eigenvalue weighted by molar-refractivity contribution is 5.02. The summed E-state index contributed by atoms with van der Waals surface area (Å²) in [7, 11) is 0. The van der Waals surface area contributed by atoms with Gasteiger partial charge in [0.05, 0.1) is 24.3 Å². The summed E-state index contributed by atoms with van der Waals surface area (Å²) in [6.45, 7) is 3.11. The van der Waals surface area contributed by atoms with E-state index in [0.717, 1.165) is 31.0 Å². The third-order valence-electron chi connectivity index (χ3n) is 4.12. The first-order valence-corrected chi connectivity index (χ1v) is 7.49. The second kappa shape index (κ2) is 6.93. The zero-order chi connectivity index (χ0) is 12.8. The van der Waals surface area contributed by atoms with Crippen molar-refractivity contribution in [3.63, 3.8) is 0 Å².